The third kappa shape index (κ3) is 3.95. The van der Waals surface area contributed by atoms with E-state index in [1.807, 2.05) is 19.1 Å². The maximum Gasteiger partial charge on any atom is 0.238 e. The second kappa shape index (κ2) is 6.72. The number of ether oxygens (including phenoxy) is 1. The first-order valence-corrected chi connectivity index (χ1v) is 7.08. The summed E-state index contributed by atoms with van der Waals surface area (Å²) < 4.78 is 5.60. The van der Waals surface area contributed by atoms with Gasteiger partial charge in [-0.3, -0.25) is 9.69 Å². The lowest BCUT2D eigenvalue weighted by molar-refractivity contribution is -0.119. The van der Waals surface area contributed by atoms with E-state index in [9.17, 15) is 4.79 Å². The lowest BCUT2D eigenvalue weighted by atomic mass is 10.2. The number of nitrogens with zero attached hydrogens (tertiary/aromatic N) is 1. The summed E-state index contributed by atoms with van der Waals surface area (Å²) in [5, 5.41) is 2.89. The van der Waals surface area contributed by atoms with Gasteiger partial charge in [-0.1, -0.05) is 13.0 Å². The lowest BCUT2D eigenvalue weighted by Crippen LogP contribution is -2.45. The third-order valence-electron chi connectivity index (χ3n) is 3.61. The van der Waals surface area contributed by atoms with Gasteiger partial charge in [0.05, 0.1) is 19.3 Å². The molecule has 20 heavy (non-hydrogen) atoms. The average Bonchev–Trinajstić information content (AvgIpc) is 2.43. The molecule has 1 aromatic rings. The van der Waals surface area contributed by atoms with E-state index in [0.717, 1.165) is 30.8 Å². The lowest BCUT2D eigenvalue weighted by Gasteiger charge is -2.31. The Morgan fingerprint density at radius 1 is 1.55 bits per heavy atom. The van der Waals surface area contributed by atoms with E-state index in [2.05, 4.69) is 17.1 Å². The molecule has 1 unspecified atom stereocenters. The molecule has 1 saturated heterocycles. The predicted octanol–water partition coefficient (Wildman–Crippen LogP) is 1.63. The molecule has 1 aliphatic heterocycles. The predicted molar refractivity (Wildman–Crippen MR) is 80.7 cm³/mol. The summed E-state index contributed by atoms with van der Waals surface area (Å²) in [5.41, 5.74) is 8.30. The molecular formula is C15H23N3O2. The molecule has 1 amide bonds. The number of nitrogens with two attached hydrogens (primary N) is 1. The molecule has 0 saturated carbocycles. The van der Waals surface area contributed by atoms with Gasteiger partial charge in [0, 0.05) is 24.5 Å². The molecule has 0 radical (unpaired) electrons. The summed E-state index contributed by atoms with van der Waals surface area (Å²) in [6.07, 6.45) is 1.22. The largest absolute Gasteiger partial charge is 0.398 e. The fourth-order valence-corrected chi connectivity index (χ4v) is 2.29. The molecule has 1 heterocycles. The molecule has 0 aromatic heterocycles. The van der Waals surface area contributed by atoms with Crippen LogP contribution in [0.2, 0.25) is 0 Å². The van der Waals surface area contributed by atoms with Crippen molar-refractivity contribution in [3.63, 3.8) is 0 Å². The van der Waals surface area contributed by atoms with E-state index in [0.29, 0.717) is 18.8 Å². The highest BCUT2D eigenvalue weighted by atomic mass is 16.5. The number of anilines is 2. The minimum Gasteiger partial charge on any atom is -0.398 e. The van der Waals surface area contributed by atoms with E-state index in [1.54, 1.807) is 6.07 Å². The number of nitrogen functional groups attached to an aromatic ring is 1. The molecule has 110 valence electrons. The number of hydrogen-bond donors (Lipinski definition) is 2. The Morgan fingerprint density at radius 3 is 3.05 bits per heavy atom. The number of aryl methyl sites for hydroxylation is 1. The minimum absolute atomic E-state index is 0.00925. The maximum absolute atomic E-state index is 12.0. The number of hydrogen-bond acceptors (Lipinski definition) is 4. The Hall–Kier alpha value is -1.59. The first-order valence-electron chi connectivity index (χ1n) is 7.08. The minimum atomic E-state index is -0.00925. The molecule has 5 heteroatoms. The standard InChI is InChI=1S/C15H23N3O2/c1-3-13-9-18(6-7-20-13)10-15(19)17-12-5-4-11(2)14(16)8-12/h4-5,8,13H,3,6-7,9-10,16H2,1-2H3,(H,17,19). The van der Waals surface area contributed by atoms with Gasteiger partial charge in [-0.2, -0.15) is 0 Å². The summed E-state index contributed by atoms with van der Waals surface area (Å²) in [6, 6.07) is 5.58. The molecular weight excluding hydrogens is 254 g/mol. The Bertz CT molecular complexity index is 476. The van der Waals surface area contributed by atoms with Gasteiger partial charge in [-0.25, -0.2) is 0 Å². The van der Waals surface area contributed by atoms with Gasteiger partial charge in [0.2, 0.25) is 5.91 Å². The zero-order chi connectivity index (χ0) is 14.5. The molecule has 1 aromatic carbocycles. The molecule has 1 aliphatic rings. The van der Waals surface area contributed by atoms with Crippen molar-refractivity contribution in [2.45, 2.75) is 26.4 Å². The molecule has 3 N–H and O–H groups in total. The quantitative estimate of drug-likeness (QED) is 0.821. The zero-order valence-electron chi connectivity index (χ0n) is 12.2. The van der Waals surface area contributed by atoms with Crippen LogP contribution in [0.5, 0.6) is 0 Å². The highest BCUT2D eigenvalue weighted by Crippen LogP contribution is 2.17. The van der Waals surface area contributed by atoms with Crippen LogP contribution in [0.1, 0.15) is 18.9 Å². The number of rotatable bonds is 4. The van der Waals surface area contributed by atoms with Crippen molar-refractivity contribution in [3.05, 3.63) is 23.8 Å². The van der Waals surface area contributed by atoms with Gasteiger partial charge in [-0.15, -0.1) is 0 Å². The van der Waals surface area contributed by atoms with Crippen LogP contribution in [0.15, 0.2) is 18.2 Å². The molecule has 5 nitrogen and oxygen atoms in total. The molecule has 1 fully saturated rings. The highest BCUT2D eigenvalue weighted by Gasteiger charge is 2.20. The zero-order valence-corrected chi connectivity index (χ0v) is 12.2. The van der Waals surface area contributed by atoms with Crippen molar-refractivity contribution in [1.82, 2.24) is 4.90 Å². The van der Waals surface area contributed by atoms with E-state index >= 15 is 0 Å². The summed E-state index contributed by atoms with van der Waals surface area (Å²) in [6.45, 7) is 6.76. The summed E-state index contributed by atoms with van der Waals surface area (Å²) in [4.78, 5) is 14.2. The van der Waals surface area contributed by atoms with Crippen LogP contribution in [0.3, 0.4) is 0 Å². The van der Waals surface area contributed by atoms with Crippen molar-refractivity contribution in [2.75, 3.05) is 37.3 Å². The molecule has 0 bridgehead atoms. The number of carbonyl (C=O) groups excluding carboxylic acids is 1. The van der Waals surface area contributed by atoms with Crippen LogP contribution in [0.25, 0.3) is 0 Å². The van der Waals surface area contributed by atoms with Gasteiger partial charge in [0.1, 0.15) is 0 Å². The van der Waals surface area contributed by atoms with E-state index in [-0.39, 0.29) is 12.0 Å². The van der Waals surface area contributed by atoms with Crippen LogP contribution in [-0.4, -0.2) is 43.2 Å². The van der Waals surface area contributed by atoms with Gasteiger partial charge in [0.15, 0.2) is 0 Å². The normalized spacial score (nSPS) is 19.8. The topological polar surface area (TPSA) is 67.6 Å². The van der Waals surface area contributed by atoms with Crippen molar-refractivity contribution in [2.24, 2.45) is 0 Å². The second-order valence-electron chi connectivity index (χ2n) is 5.26. The van der Waals surface area contributed by atoms with Crippen LogP contribution in [0.4, 0.5) is 11.4 Å². The molecule has 2 rings (SSSR count). The van der Waals surface area contributed by atoms with Gasteiger partial charge in [0.25, 0.3) is 0 Å². The van der Waals surface area contributed by atoms with Crippen molar-refractivity contribution < 1.29 is 9.53 Å². The average molecular weight is 277 g/mol. The van der Waals surface area contributed by atoms with Crippen LogP contribution < -0.4 is 11.1 Å². The monoisotopic (exact) mass is 277 g/mol. The molecule has 1 atom stereocenters. The number of carbonyl (C=O) groups is 1. The number of nitrogens with one attached hydrogen (secondary N) is 1. The second-order valence-corrected chi connectivity index (χ2v) is 5.26. The van der Waals surface area contributed by atoms with Crippen LogP contribution >= 0.6 is 0 Å². The van der Waals surface area contributed by atoms with Gasteiger partial charge < -0.3 is 15.8 Å². The van der Waals surface area contributed by atoms with E-state index in [4.69, 9.17) is 10.5 Å². The third-order valence-corrected chi connectivity index (χ3v) is 3.61. The van der Waals surface area contributed by atoms with Crippen LogP contribution in [0, 0.1) is 6.92 Å². The number of benzene rings is 1. The van der Waals surface area contributed by atoms with Gasteiger partial charge >= 0.3 is 0 Å². The van der Waals surface area contributed by atoms with Crippen molar-refractivity contribution in [1.29, 1.82) is 0 Å². The number of morpholine rings is 1. The highest BCUT2D eigenvalue weighted by molar-refractivity contribution is 5.92. The molecule has 0 spiro atoms. The Labute approximate surface area is 120 Å². The Balaban J connectivity index is 1.87. The fraction of sp³-hybridized carbons (Fsp3) is 0.533. The first-order chi connectivity index (χ1) is 9.58. The molecule has 0 aliphatic carbocycles. The fourth-order valence-electron chi connectivity index (χ4n) is 2.29. The van der Waals surface area contributed by atoms with Crippen molar-refractivity contribution >= 4 is 17.3 Å². The van der Waals surface area contributed by atoms with Gasteiger partial charge in [-0.05, 0) is 31.0 Å². The number of amides is 1. The van der Waals surface area contributed by atoms with Crippen molar-refractivity contribution in [3.8, 4) is 0 Å². The van der Waals surface area contributed by atoms with E-state index in [1.165, 1.54) is 0 Å². The van der Waals surface area contributed by atoms with Crippen LogP contribution in [-0.2, 0) is 9.53 Å². The SMILES string of the molecule is CCC1CN(CC(=O)Nc2ccc(C)c(N)c2)CCO1. The van der Waals surface area contributed by atoms with E-state index < -0.39 is 0 Å². The Morgan fingerprint density at radius 2 is 2.35 bits per heavy atom. The first kappa shape index (κ1) is 14.8. The Kier molecular flexibility index (Phi) is 4.98. The smallest absolute Gasteiger partial charge is 0.238 e. The summed E-state index contributed by atoms with van der Waals surface area (Å²) in [7, 11) is 0. The summed E-state index contributed by atoms with van der Waals surface area (Å²) in [5.74, 6) is -0.00925. The summed E-state index contributed by atoms with van der Waals surface area (Å²) >= 11 is 0. The maximum atomic E-state index is 12.0.